The molecule has 0 unspecified atom stereocenters. The first-order chi connectivity index (χ1) is 15.3. The van der Waals surface area contributed by atoms with E-state index in [1.807, 2.05) is 25.7 Å². The van der Waals surface area contributed by atoms with E-state index in [1.54, 1.807) is 11.8 Å². The summed E-state index contributed by atoms with van der Waals surface area (Å²) in [5, 5.41) is 0.652. The van der Waals surface area contributed by atoms with Crippen LogP contribution in [-0.2, 0) is 9.53 Å². The third kappa shape index (κ3) is 9.01. The number of rotatable bonds is 6. The lowest BCUT2D eigenvalue weighted by atomic mass is 9.84. The Hall–Kier alpha value is -1.46. The van der Waals surface area contributed by atoms with Crippen LogP contribution < -0.4 is 4.74 Å². The number of thiocarbonyl (C=S) groups is 1. The number of benzene rings is 1. The van der Waals surface area contributed by atoms with Crippen LogP contribution in [0.2, 0.25) is 0 Å². The van der Waals surface area contributed by atoms with Gasteiger partial charge in [-0.1, -0.05) is 49.6 Å². The van der Waals surface area contributed by atoms with Gasteiger partial charge in [-0.25, -0.2) is 4.99 Å². The number of ether oxygens (including phenoxy) is 2. The molecule has 1 aromatic carbocycles. The van der Waals surface area contributed by atoms with Gasteiger partial charge in [0, 0.05) is 12.3 Å². The maximum atomic E-state index is 12.4. The molecule has 0 saturated carbocycles. The van der Waals surface area contributed by atoms with Crippen LogP contribution in [-0.4, -0.2) is 50.4 Å². The number of nitrogens with zero attached hydrogens (tertiary/aromatic N) is 2. The molecule has 2 rings (SSSR count). The first-order valence-corrected chi connectivity index (χ1v) is 12.9. The van der Waals surface area contributed by atoms with Gasteiger partial charge in [-0.15, -0.1) is 13.2 Å². The van der Waals surface area contributed by atoms with Gasteiger partial charge in [-0.2, -0.15) is 0 Å². The SMILES string of the molecule is CCC1(CC)CSC(=Nc2ccc(OC(F)(F)F)cc2)N(C(=S)SCC(=O)OC(C)(C)C)C1. The third-order valence-electron chi connectivity index (χ3n) is 4.98. The smallest absolute Gasteiger partial charge is 0.459 e. The van der Waals surface area contributed by atoms with Gasteiger partial charge in [0.15, 0.2) is 5.17 Å². The molecule has 0 atom stereocenters. The van der Waals surface area contributed by atoms with Crippen LogP contribution in [0.4, 0.5) is 18.9 Å². The van der Waals surface area contributed by atoms with Crippen molar-refractivity contribution in [3.8, 4) is 5.75 Å². The summed E-state index contributed by atoms with van der Waals surface area (Å²) in [7, 11) is 0. The first kappa shape index (κ1) is 27.8. The number of alkyl halides is 3. The third-order valence-corrected chi connectivity index (χ3v) is 7.73. The van der Waals surface area contributed by atoms with Crippen LogP contribution in [0.15, 0.2) is 29.3 Å². The second-order valence-electron chi connectivity index (χ2n) is 8.66. The summed E-state index contributed by atoms with van der Waals surface area (Å²) in [5.74, 6) is 0.276. The van der Waals surface area contributed by atoms with Crippen LogP contribution >= 0.6 is 35.7 Å². The van der Waals surface area contributed by atoms with E-state index in [4.69, 9.17) is 17.0 Å². The molecule has 1 heterocycles. The Balaban J connectivity index is 2.20. The molecular weight excluding hydrogens is 493 g/mol. The van der Waals surface area contributed by atoms with Crippen LogP contribution in [0.5, 0.6) is 5.75 Å². The number of halogens is 3. The minimum absolute atomic E-state index is 0.0463. The molecule has 0 N–H and O–H groups in total. The summed E-state index contributed by atoms with van der Waals surface area (Å²) >= 11 is 8.42. The number of thioether (sulfide) groups is 2. The number of carbonyl (C=O) groups is 1. The van der Waals surface area contributed by atoms with E-state index in [0.717, 1.165) is 18.6 Å². The summed E-state index contributed by atoms with van der Waals surface area (Å²) in [4.78, 5) is 18.7. The molecule has 0 aliphatic carbocycles. The second-order valence-corrected chi connectivity index (χ2v) is 11.2. The van der Waals surface area contributed by atoms with Crippen molar-refractivity contribution in [1.82, 2.24) is 4.90 Å². The van der Waals surface area contributed by atoms with Crippen molar-refractivity contribution in [1.29, 1.82) is 0 Å². The number of hydrogen-bond acceptors (Lipinski definition) is 7. The topological polar surface area (TPSA) is 51.1 Å². The highest BCUT2D eigenvalue weighted by molar-refractivity contribution is 8.23. The highest BCUT2D eigenvalue weighted by Crippen LogP contribution is 2.39. The number of esters is 1. The fourth-order valence-electron chi connectivity index (χ4n) is 3.06. The summed E-state index contributed by atoms with van der Waals surface area (Å²) in [6.07, 6.45) is -2.82. The molecule has 33 heavy (non-hydrogen) atoms. The lowest BCUT2D eigenvalue weighted by Gasteiger charge is -2.42. The lowest BCUT2D eigenvalue weighted by Crippen LogP contribution is -2.47. The Kier molecular flexibility index (Phi) is 9.52. The molecule has 1 aromatic rings. The molecule has 11 heteroatoms. The van der Waals surface area contributed by atoms with E-state index in [0.29, 0.717) is 21.7 Å². The Morgan fingerprint density at radius 3 is 2.33 bits per heavy atom. The molecule has 0 radical (unpaired) electrons. The number of aliphatic imine (C=N–C) groups is 1. The van der Waals surface area contributed by atoms with E-state index < -0.39 is 12.0 Å². The Labute approximate surface area is 206 Å². The fourth-order valence-corrected chi connectivity index (χ4v) is 5.53. The molecule has 1 aliphatic rings. The van der Waals surface area contributed by atoms with Gasteiger partial charge in [-0.3, -0.25) is 4.79 Å². The molecule has 1 saturated heterocycles. The second kappa shape index (κ2) is 11.3. The maximum Gasteiger partial charge on any atom is 0.573 e. The molecular formula is C22H29F3N2O3S3. The van der Waals surface area contributed by atoms with Gasteiger partial charge in [0.25, 0.3) is 0 Å². The predicted molar refractivity (Wildman–Crippen MR) is 133 cm³/mol. The van der Waals surface area contributed by atoms with Crippen LogP contribution in [0, 0.1) is 5.41 Å². The zero-order valence-corrected chi connectivity index (χ0v) is 21.8. The van der Waals surface area contributed by atoms with E-state index in [-0.39, 0.29) is 22.9 Å². The van der Waals surface area contributed by atoms with Gasteiger partial charge in [0.05, 0.1) is 11.4 Å². The standard InChI is InChI=1S/C22H29F3N2O3S3/c1-6-21(7-2)13-27(19(31)32-12-17(28)30-20(3,4)5)18(33-14-21)26-15-8-10-16(11-9-15)29-22(23,24)25/h8-11H,6-7,12-14H2,1-5H3. The van der Waals surface area contributed by atoms with Crippen molar-refractivity contribution in [3.05, 3.63) is 24.3 Å². The number of amidine groups is 1. The van der Waals surface area contributed by atoms with Gasteiger partial charge >= 0.3 is 12.3 Å². The van der Waals surface area contributed by atoms with Crippen LogP contribution in [0.3, 0.4) is 0 Å². The van der Waals surface area contributed by atoms with Crippen molar-refractivity contribution < 1.29 is 27.4 Å². The highest BCUT2D eigenvalue weighted by Gasteiger charge is 2.37. The molecule has 0 spiro atoms. The zero-order chi connectivity index (χ0) is 24.9. The normalized spacial score (nSPS) is 17.7. The summed E-state index contributed by atoms with van der Waals surface area (Å²) in [5.41, 5.74) is -0.0450. The summed E-state index contributed by atoms with van der Waals surface area (Å²) in [6, 6.07) is 5.38. The molecule has 1 fully saturated rings. The quantitative estimate of drug-likeness (QED) is 0.301. The summed E-state index contributed by atoms with van der Waals surface area (Å²) in [6.45, 7) is 10.4. The molecule has 184 valence electrons. The maximum absolute atomic E-state index is 12.4. The molecule has 0 aromatic heterocycles. The lowest BCUT2D eigenvalue weighted by molar-refractivity contribution is -0.274. The number of carbonyl (C=O) groups excluding carboxylic acids is 1. The minimum Gasteiger partial charge on any atom is -0.459 e. The van der Waals surface area contributed by atoms with Gasteiger partial charge in [-0.05, 0) is 63.3 Å². The van der Waals surface area contributed by atoms with Crippen molar-refractivity contribution in [3.63, 3.8) is 0 Å². The highest BCUT2D eigenvalue weighted by atomic mass is 32.2. The number of hydrogen-bond donors (Lipinski definition) is 0. The largest absolute Gasteiger partial charge is 0.573 e. The van der Waals surface area contributed by atoms with Gasteiger partial charge in [0.2, 0.25) is 0 Å². The van der Waals surface area contributed by atoms with Crippen molar-refractivity contribution in [2.45, 2.75) is 59.4 Å². The molecule has 0 bridgehead atoms. The fraction of sp³-hybridized carbons (Fsp3) is 0.591. The van der Waals surface area contributed by atoms with Crippen molar-refractivity contribution in [2.75, 3.05) is 18.1 Å². The van der Waals surface area contributed by atoms with Gasteiger partial charge < -0.3 is 14.4 Å². The van der Waals surface area contributed by atoms with Crippen molar-refractivity contribution in [2.24, 2.45) is 10.4 Å². The van der Waals surface area contributed by atoms with E-state index in [1.165, 1.54) is 36.0 Å². The van der Waals surface area contributed by atoms with Crippen LogP contribution in [0.1, 0.15) is 47.5 Å². The predicted octanol–water partition coefficient (Wildman–Crippen LogP) is 6.79. The Bertz CT molecular complexity index is 864. The van der Waals surface area contributed by atoms with E-state index >= 15 is 0 Å². The molecule has 5 nitrogen and oxygen atoms in total. The molecule has 0 amide bonds. The Morgan fingerprint density at radius 1 is 1.21 bits per heavy atom. The van der Waals surface area contributed by atoms with Crippen molar-refractivity contribution >= 4 is 56.9 Å². The zero-order valence-electron chi connectivity index (χ0n) is 19.3. The minimum atomic E-state index is -4.75. The van der Waals surface area contributed by atoms with Crippen LogP contribution in [0.25, 0.3) is 0 Å². The average Bonchev–Trinajstić information content (AvgIpc) is 2.71. The van der Waals surface area contributed by atoms with E-state index in [2.05, 4.69) is 23.6 Å². The molecule has 1 aliphatic heterocycles. The van der Waals surface area contributed by atoms with Gasteiger partial charge in [0.1, 0.15) is 15.7 Å². The average molecular weight is 523 g/mol. The monoisotopic (exact) mass is 522 g/mol. The first-order valence-electron chi connectivity index (χ1n) is 10.5. The summed E-state index contributed by atoms with van der Waals surface area (Å²) < 4.78 is 47.0. The van der Waals surface area contributed by atoms with E-state index in [9.17, 15) is 18.0 Å². The Morgan fingerprint density at radius 2 is 1.82 bits per heavy atom.